The first kappa shape index (κ1) is 13.2. The summed E-state index contributed by atoms with van der Waals surface area (Å²) in [5.74, 6) is 0. The molecule has 1 heterocycles. The molecular weight excluding hydrogens is 256 g/mol. The van der Waals surface area contributed by atoms with Crippen molar-refractivity contribution in [3.63, 3.8) is 0 Å². The standard InChI is InChI=1S/C11H21BrN2O/c1-10(12)8-13-4-6-14(7-5-13)11(2)9-15-3/h11H,1,4-9H2,2-3H3/t11-/m1/s1. The fourth-order valence-corrected chi connectivity index (χ4v) is 2.31. The van der Waals surface area contributed by atoms with Crippen LogP contribution in [-0.4, -0.2) is 62.3 Å². The van der Waals surface area contributed by atoms with Crippen LogP contribution in [0.3, 0.4) is 0 Å². The molecule has 0 unspecified atom stereocenters. The maximum Gasteiger partial charge on any atom is 0.0615 e. The molecule has 1 saturated heterocycles. The minimum atomic E-state index is 0.532. The summed E-state index contributed by atoms with van der Waals surface area (Å²) >= 11 is 3.41. The molecule has 4 heteroatoms. The van der Waals surface area contributed by atoms with Gasteiger partial charge in [-0.2, -0.15) is 0 Å². The molecule has 1 atom stereocenters. The maximum atomic E-state index is 5.17. The second kappa shape index (κ2) is 6.63. The van der Waals surface area contributed by atoms with Gasteiger partial charge in [0.25, 0.3) is 0 Å². The molecule has 0 aromatic heterocycles. The van der Waals surface area contributed by atoms with E-state index in [1.807, 2.05) is 0 Å². The Hall–Kier alpha value is 0.1000. The smallest absolute Gasteiger partial charge is 0.0615 e. The number of hydrogen-bond acceptors (Lipinski definition) is 3. The fourth-order valence-electron chi connectivity index (χ4n) is 1.95. The van der Waals surface area contributed by atoms with Crippen LogP contribution in [0.25, 0.3) is 0 Å². The number of nitrogens with zero attached hydrogens (tertiary/aromatic N) is 2. The highest BCUT2D eigenvalue weighted by Gasteiger charge is 2.20. The molecule has 1 rings (SSSR count). The first-order valence-corrected chi connectivity index (χ1v) is 6.21. The van der Waals surface area contributed by atoms with Crippen LogP contribution in [0.2, 0.25) is 0 Å². The lowest BCUT2D eigenvalue weighted by Gasteiger charge is -2.37. The van der Waals surface area contributed by atoms with Gasteiger partial charge in [-0.25, -0.2) is 0 Å². The molecule has 0 radical (unpaired) electrons. The van der Waals surface area contributed by atoms with Crippen LogP contribution >= 0.6 is 15.9 Å². The van der Waals surface area contributed by atoms with E-state index in [0.717, 1.165) is 43.8 Å². The summed E-state index contributed by atoms with van der Waals surface area (Å²) in [6.45, 7) is 12.4. The average Bonchev–Trinajstić information content (AvgIpc) is 2.18. The molecule has 0 aromatic rings. The fraction of sp³-hybridized carbons (Fsp3) is 0.818. The second-order valence-electron chi connectivity index (χ2n) is 4.13. The largest absolute Gasteiger partial charge is 0.383 e. The van der Waals surface area contributed by atoms with E-state index in [9.17, 15) is 0 Å². The van der Waals surface area contributed by atoms with Crippen molar-refractivity contribution in [2.75, 3.05) is 46.4 Å². The topological polar surface area (TPSA) is 15.7 Å². The molecule has 3 nitrogen and oxygen atoms in total. The highest BCUT2D eigenvalue weighted by atomic mass is 79.9. The van der Waals surface area contributed by atoms with Crippen molar-refractivity contribution in [3.05, 3.63) is 11.1 Å². The van der Waals surface area contributed by atoms with Gasteiger partial charge in [0.15, 0.2) is 0 Å². The molecule has 0 amide bonds. The first-order chi connectivity index (χ1) is 7.13. The Kier molecular flexibility index (Phi) is 5.82. The zero-order valence-electron chi connectivity index (χ0n) is 9.71. The molecule has 0 aromatic carbocycles. The summed E-state index contributed by atoms with van der Waals surface area (Å²) in [5.41, 5.74) is 0. The van der Waals surface area contributed by atoms with Crippen molar-refractivity contribution in [1.82, 2.24) is 9.80 Å². The van der Waals surface area contributed by atoms with Crippen molar-refractivity contribution in [3.8, 4) is 0 Å². The van der Waals surface area contributed by atoms with Gasteiger partial charge in [0.2, 0.25) is 0 Å². The molecule has 1 aliphatic heterocycles. The van der Waals surface area contributed by atoms with Crippen molar-refractivity contribution in [1.29, 1.82) is 0 Å². The summed E-state index contributed by atoms with van der Waals surface area (Å²) < 4.78 is 6.24. The monoisotopic (exact) mass is 276 g/mol. The predicted octanol–water partition coefficient (Wildman–Crippen LogP) is 1.55. The highest BCUT2D eigenvalue weighted by molar-refractivity contribution is 9.11. The van der Waals surface area contributed by atoms with Crippen LogP contribution < -0.4 is 0 Å². The molecule has 1 aliphatic rings. The Morgan fingerprint density at radius 3 is 2.47 bits per heavy atom. The lowest BCUT2D eigenvalue weighted by atomic mass is 10.2. The lowest BCUT2D eigenvalue weighted by molar-refractivity contribution is 0.0607. The number of ether oxygens (including phenoxy) is 1. The van der Waals surface area contributed by atoms with E-state index in [0.29, 0.717) is 6.04 Å². The Morgan fingerprint density at radius 2 is 2.00 bits per heavy atom. The molecule has 1 fully saturated rings. The maximum absolute atomic E-state index is 5.17. The predicted molar refractivity (Wildman–Crippen MR) is 67.4 cm³/mol. The van der Waals surface area contributed by atoms with E-state index in [2.05, 4.69) is 39.2 Å². The van der Waals surface area contributed by atoms with Crippen molar-refractivity contribution >= 4 is 15.9 Å². The second-order valence-corrected chi connectivity index (χ2v) is 5.26. The van der Waals surface area contributed by atoms with Gasteiger partial charge in [-0.1, -0.05) is 22.5 Å². The third kappa shape index (κ3) is 4.64. The van der Waals surface area contributed by atoms with Crippen LogP contribution in [0.1, 0.15) is 6.92 Å². The van der Waals surface area contributed by atoms with Crippen molar-refractivity contribution in [2.24, 2.45) is 0 Å². The zero-order chi connectivity index (χ0) is 11.3. The average molecular weight is 277 g/mol. The zero-order valence-corrected chi connectivity index (χ0v) is 11.3. The SMILES string of the molecule is C=C(Br)CN1CCN([C@H](C)COC)CC1. The number of methoxy groups -OCH3 is 1. The van der Waals surface area contributed by atoms with E-state index in [1.165, 1.54) is 0 Å². The van der Waals surface area contributed by atoms with Crippen LogP contribution in [-0.2, 0) is 4.74 Å². The van der Waals surface area contributed by atoms with Gasteiger partial charge in [0.1, 0.15) is 0 Å². The summed E-state index contributed by atoms with van der Waals surface area (Å²) in [5, 5.41) is 0. The van der Waals surface area contributed by atoms with Gasteiger partial charge in [-0.05, 0) is 6.92 Å². The number of piperazine rings is 1. The molecule has 0 spiro atoms. The summed E-state index contributed by atoms with van der Waals surface area (Å²) in [7, 11) is 1.77. The Labute approximate surface area is 101 Å². The van der Waals surface area contributed by atoms with Gasteiger partial charge >= 0.3 is 0 Å². The van der Waals surface area contributed by atoms with Crippen molar-refractivity contribution < 1.29 is 4.74 Å². The van der Waals surface area contributed by atoms with Gasteiger partial charge < -0.3 is 4.74 Å². The van der Waals surface area contributed by atoms with E-state index in [1.54, 1.807) is 7.11 Å². The Morgan fingerprint density at radius 1 is 1.40 bits per heavy atom. The number of hydrogen-bond donors (Lipinski definition) is 0. The van der Waals surface area contributed by atoms with E-state index < -0.39 is 0 Å². The first-order valence-electron chi connectivity index (χ1n) is 5.42. The number of halogens is 1. The molecule has 0 bridgehead atoms. The van der Waals surface area contributed by atoms with Crippen LogP contribution in [0, 0.1) is 0 Å². The van der Waals surface area contributed by atoms with Crippen molar-refractivity contribution in [2.45, 2.75) is 13.0 Å². The molecule has 15 heavy (non-hydrogen) atoms. The summed E-state index contributed by atoms with van der Waals surface area (Å²) in [4.78, 5) is 4.91. The lowest BCUT2D eigenvalue weighted by Crippen LogP contribution is -2.50. The van der Waals surface area contributed by atoms with Gasteiger partial charge in [-0.3, -0.25) is 9.80 Å². The van der Waals surface area contributed by atoms with Crippen LogP contribution in [0.4, 0.5) is 0 Å². The quantitative estimate of drug-likeness (QED) is 0.758. The van der Waals surface area contributed by atoms with E-state index in [4.69, 9.17) is 4.74 Å². The summed E-state index contributed by atoms with van der Waals surface area (Å²) in [6, 6.07) is 0.532. The third-order valence-electron chi connectivity index (χ3n) is 2.83. The molecule has 0 aliphatic carbocycles. The minimum absolute atomic E-state index is 0.532. The van der Waals surface area contributed by atoms with Gasteiger partial charge in [0, 0.05) is 50.4 Å². The third-order valence-corrected chi connectivity index (χ3v) is 3.08. The van der Waals surface area contributed by atoms with Gasteiger partial charge in [0.05, 0.1) is 6.61 Å². The normalized spacial score (nSPS) is 21.5. The Bertz CT molecular complexity index is 203. The van der Waals surface area contributed by atoms with Crippen LogP contribution in [0.5, 0.6) is 0 Å². The van der Waals surface area contributed by atoms with E-state index in [-0.39, 0.29) is 0 Å². The summed E-state index contributed by atoms with van der Waals surface area (Å²) in [6.07, 6.45) is 0. The molecule has 0 saturated carbocycles. The number of rotatable bonds is 5. The van der Waals surface area contributed by atoms with Gasteiger partial charge in [-0.15, -0.1) is 0 Å². The van der Waals surface area contributed by atoms with E-state index >= 15 is 0 Å². The van der Waals surface area contributed by atoms with Crippen LogP contribution in [0.15, 0.2) is 11.1 Å². The molecule has 0 N–H and O–H groups in total. The minimum Gasteiger partial charge on any atom is -0.383 e. The molecular formula is C11H21BrN2O. The highest BCUT2D eigenvalue weighted by Crippen LogP contribution is 2.10. The molecule has 88 valence electrons. The Balaban J connectivity index is 2.26.